The Labute approximate surface area is 208 Å². The minimum Gasteiger partial charge on any atom is -0.342 e. The third kappa shape index (κ3) is 2.99. The number of H-pyrrole nitrogens is 2. The molecule has 0 bridgehead atoms. The molecule has 0 unspecified atom stereocenters. The van der Waals surface area contributed by atoms with E-state index < -0.39 is 0 Å². The molecule has 2 aromatic carbocycles. The number of nitrogens with zero attached hydrogens (tertiary/aromatic N) is 4. The number of rotatable bonds is 3. The number of hydrogen-bond acceptors (Lipinski definition) is 6. The molecule has 8 nitrogen and oxygen atoms in total. The Morgan fingerprint density at radius 2 is 1.81 bits per heavy atom. The molecular weight excluding hydrogens is 450 g/mol. The van der Waals surface area contributed by atoms with Crippen molar-refractivity contribution in [3.63, 3.8) is 0 Å². The summed E-state index contributed by atoms with van der Waals surface area (Å²) in [5.41, 5.74) is 12.0. The number of nitrogens with one attached hydrogen (secondary N) is 2. The second-order valence-corrected chi connectivity index (χ2v) is 10.7. The van der Waals surface area contributed by atoms with Crippen LogP contribution in [0.3, 0.4) is 0 Å². The average molecular weight is 478 g/mol. The van der Waals surface area contributed by atoms with Crippen LogP contribution in [0.15, 0.2) is 53.3 Å². The van der Waals surface area contributed by atoms with E-state index in [2.05, 4.69) is 50.4 Å². The normalized spacial score (nSPS) is 21.4. The van der Waals surface area contributed by atoms with E-state index in [1.807, 2.05) is 24.3 Å². The van der Waals surface area contributed by atoms with Crippen LogP contribution in [0.4, 0.5) is 5.95 Å². The number of fused-ring (bicyclic) bond motifs is 2. The number of aromatic nitrogens is 4. The van der Waals surface area contributed by atoms with E-state index in [1.54, 1.807) is 0 Å². The van der Waals surface area contributed by atoms with Crippen molar-refractivity contribution < 1.29 is 0 Å². The van der Waals surface area contributed by atoms with Gasteiger partial charge in [-0.3, -0.25) is 14.9 Å². The number of nitrogens with two attached hydrogens (primary N) is 1. The molecule has 1 saturated heterocycles. The van der Waals surface area contributed by atoms with Crippen LogP contribution in [-0.2, 0) is 11.8 Å². The van der Waals surface area contributed by atoms with Crippen LogP contribution in [-0.4, -0.2) is 33.3 Å². The molecule has 36 heavy (non-hydrogen) atoms. The van der Waals surface area contributed by atoms with Crippen molar-refractivity contribution in [1.82, 2.24) is 20.2 Å². The number of piperidine rings is 1. The van der Waals surface area contributed by atoms with E-state index in [9.17, 15) is 4.79 Å². The monoisotopic (exact) mass is 477 g/mol. The lowest BCUT2D eigenvalue weighted by Crippen LogP contribution is -2.45. The standard InChI is InChI=1S/C28H27N7O/c29-16-17-5-7-19(8-6-17)28(9-10-28)23-21-24(34-33-23)31-26(32-25(21)36)35-13-11-27(12-14-35)15-18-3-1-2-4-20(18)22(27)30/h1-8,22H,9-15,30H2,(H2,31,32,33,34,36)/t22-/m1/s1. The van der Waals surface area contributed by atoms with Gasteiger partial charge in [0.1, 0.15) is 5.39 Å². The summed E-state index contributed by atoms with van der Waals surface area (Å²) < 4.78 is 0. The highest BCUT2D eigenvalue weighted by Crippen LogP contribution is 2.54. The molecule has 4 N–H and O–H groups in total. The van der Waals surface area contributed by atoms with Crippen molar-refractivity contribution in [3.8, 4) is 6.07 Å². The lowest BCUT2D eigenvalue weighted by atomic mass is 9.73. The van der Waals surface area contributed by atoms with Gasteiger partial charge in [-0.15, -0.1) is 0 Å². The molecule has 8 heteroatoms. The quantitative estimate of drug-likeness (QED) is 0.415. The molecule has 1 atom stereocenters. The van der Waals surface area contributed by atoms with Gasteiger partial charge in [-0.25, -0.2) is 0 Å². The Morgan fingerprint density at radius 1 is 1.06 bits per heavy atom. The molecule has 0 radical (unpaired) electrons. The third-order valence-corrected chi connectivity index (χ3v) is 8.84. The Bertz CT molecular complexity index is 1580. The molecule has 4 aromatic rings. The van der Waals surface area contributed by atoms with Gasteiger partial charge in [0.15, 0.2) is 5.65 Å². The second-order valence-electron chi connectivity index (χ2n) is 10.7. The molecule has 2 aromatic heterocycles. The summed E-state index contributed by atoms with van der Waals surface area (Å²) in [4.78, 5) is 23.3. The van der Waals surface area contributed by atoms with E-state index in [0.717, 1.165) is 56.5 Å². The van der Waals surface area contributed by atoms with Crippen molar-refractivity contribution in [2.75, 3.05) is 18.0 Å². The van der Waals surface area contributed by atoms with Crippen molar-refractivity contribution in [3.05, 3.63) is 86.8 Å². The smallest absolute Gasteiger partial charge is 0.263 e. The van der Waals surface area contributed by atoms with E-state index in [-0.39, 0.29) is 22.4 Å². The maximum atomic E-state index is 13.3. The number of anilines is 1. The molecule has 1 aliphatic heterocycles. The van der Waals surface area contributed by atoms with Crippen LogP contribution in [0.2, 0.25) is 0 Å². The van der Waals surface area contributed by atoms with Gasteiger partial charge in [-0.2, -0.15) is 15.3 Å². The lowest BCUT2D eigenvalue weighted by Gasteiger charge is -2.42. The summed E-state index contributed by atoms with van der Waals surface area (Å²) in [7, 11) is 0. The number of hydrogen-bond donors (Lipinski definition) is 3. The first-order chi connectivity index (χ1) is 17.5. The fraction of sp³-hybridized carbons (Fsp3) is 0.357. The van der Waals surface area contributed by atoms with Gasteiger partial charge in [0.25, 0.3) is 5.56 Å². The zero-order chi connectivity index (χ0) is 24.5. The Kier molecular flexibility index (Phi) is 4.45. The fourth-order valence-electron chi connectivity index (χ4n) is 6.54. The molecular formula is C28H27N7O. The summed E-state index contributed by atoms with van der Waals surface area (Å²) >= 11 is 0. The molecule has 2 fully saturated rings. The van der Waals surface area contributed by atoms with Gasteiger partial charge in [0.2, 0.25) is 5.95 Å². The van der Waals surface area contributed by atoms with E-state index >= 15 is 0 Å². The Morgan fingerprint density at radius 3 is 2.50 bits per heavy atom. The van der Waals surface area contributed by atoms with Crippen LogP contribution >= 0.6 is 0 Å². The second kappa shape index (κ2) is 7.52. The van der Waals surface area contributed by atoms with Gasteiger partial charge >= 0.3 is 0 Å². The van der Waals surface area contributed by atoms with Crippen molar-refractivity contribution in [1.29, 1.82) is 5.26 Å². The molecule has 180 valence electrons. The molecule has 3 aliphatic rings. The predicted octanol–water partition coefficient (Wildman–Crippen LogP) is 3.44. The molecule has 1 saturated carbocycles. The number of aromatic amines is 2. The first-order valence-corrected chi connectivity index (χ1v) is 12.6. The largest absolute Gasteiger partial charge is 0.342 e. The Hall–Kier alpha value is -3.96. The van der Waals surface area contributed by atoms with Crippen LogP contribution in [0.25, 0.3) is 11.0 Å². The van der Waals surface area contributed by atoms with Crippen molar-refractivity contribution in [2.45, 2.75) is 43.6 Å². The summed E-state index contributed by atoms with van der Waals surface area (Å²) in [5, 5.41) is 17.3. The van der Waals surface area contributed by atoms with Gasteiger partial charge in [-0.1, -0.05) is 36.4 Å². The van der Waals surface area contributed by atoms with Crippen molar-refractivity contribution in [2.24, 2.45) is 11.1 Å². The molecule has 1 spiro atoms. The maximum absolute atomic E-state index is 13.3. The number of benzene rings is 2. The lowest BCUT2D eigenvalue weighted by molar-refractivity contribution is 0.187. The zero-order valence-corrected chi connectivity index (χ0v) is 19.9. The average Bonchev–Trinajstić information content (AvgIpc) is 3.52. The van der Waals surface area contributed by atoms with E-state index in [4.69, 9.17) is 16.0 Å². The summed E-state index contributed by atoms with van der Waals surface area (Å²) in [6.45, 7) is 1.60. The third-order valence-electron chi connectivity index (χ3n) is 8.84. The van der Waals surface area contributed by atoms with Gasteiger partial charge in [0.05, 0.1) is 17.3 Å². The van der Waals surface area contributed by atoms with Crippen LogP contribution in [0.1, 0.15) is 59.7 Å². The van der Waals surface area contributed by atoms with Crippen LogP contribution < -0.4 is 16.2 Å². The molecule has 2 aliphatic carbocycles. The summed E-state index contributed by atoms with van der Waals surface area (Å²) in [5.74, 6) is 0.588. The highest BCUT2D eigenvalue weighted by molar-refractivity contribution is 5.80. The zero-order valence-electron chi connectivity index (χ0n) is 19.9. The van der Waals surface area contributed by atoms with Gasteiger partial charge < -0.3 is 10.6 Å². The minimum atomic E-state index is -0.298. The number of nitriles is 1. The van der Waals surface area contributed by atoms with Gasteiger partial charge in [-0.05, 0) is 66.3 Å². The maximum Gasteiger partial charge on any atom is 0.263 e. The predicted molar refractivity (Wildman–Crippen MR) is 137 cm³/mol. The molecule has 7 rings (SSSR count). The van der Waals surface area contributed by atoms with E-state index in [1.165, 1.54) is 11.1 Å². The van der Waals surface area contributed by atoms with Crippen molar-refractivity contribution >= 4 is 17.0 Å². The first-order valence-electron chi connectivity index (χ1n) is 12.6. The molecule has 3 heterocycles. The van der Waals surface area contributed by atoms with Crippen LogP contribution in [0.5, 0.6) is 0 Å². The SMILES string of the molecule is N#Cc1ccc(C2(c3n[nH]c4nc(N5CCC6(CC5)Cc5ccccc5[C@H]6N)[nH]c(=O)c34)CC2)cc1. The summed E-state index contributed by atoms with van der Waals surface area (Å²) in [6, 6.07) is 18.3. The van der Waals surface area contributed by atoms with Gasteiger partial charge in [0, 0.05) is 24.5 Å². The van der Waals surface area contributed by atoms with E-state index in [0.29, 0.717) is 22.5 Å². The summed E-state index contributed by atoms with van der Waals surface area (Å²) in [6.07, 6.45) is 4.76. The Balaban J connectivity index is 1.16. The first kappa shape index (κ1) is 21.3. The highest BCUT2D eigenvalue weighted by atomic mass is 16.1. The topological polar surface area (TPSA) is 127 Å². The van der Waals surface area contributed by atoms with Crippen LogP contribution in [0, 0.1) is 16.7 Å². The molecule has 0 amide bonds. The fourth-order valence-corrected chi connectivity index (χ4v) is 6.54. The highest BCUT2D eigenvalue weighted by Gasteiger charge is 2.50. The minimum absolute atomic E-state index is 0.0532.